The number of aliphatic hydroxyl groups is 1. The Labute approximate surface area is 171 Å². The molecule has 0 aromatic carbocycles. The lowest BCUT2D eigenvalue weighted by Crippen LogP contribution is -2.41. The van der Waals surface area contributed by atoms with Crippen LogP contribution in [0.2, 0.25) is 0 Å². The molecule has 4 N–H and O–H groups in total. The van der Waals surface area contributed by atoms with Crippen molar-refractivity contribution in [1.29, 1.82) is 0 Å². The molecule has 0 bridgehead atoms. The van der Waals surface area contributed by atoms with Gasteiger partial charge in [0.2, 0.25) is 5.91 Å². The molecule has 0 aromatic rings. The molecule has 0 spiro atoms. The Morgan fingerprint density at radius 1 is 0.893 bits per heavy atom. The Kier molecular flexibility index (Phi) is 16.8. The van der Waals surface area contributed by atoms with Crippen LogP contribution in [0.15, 0.2) is 12.2 Å². The monoisotopic (exact) mass is 419 g/mol. The van der Waals surface area contributed by atoms with Gasteiger partial charge >= 0.3 is 7.60 Å². The first-order valence-electron chi connectivity index (χ1n) is 11.0. The second-order valence-corrected chi connectivity index (χ2v) is 9.36. The van der Waals surface area contributed by atoms with Gasteiger partial charge in [0.25, 0.3) is 0 Å². The number of rotatable bonds is 18. The van der Waals surface area contributed by atoms with E-state index in [2.05, 4.69) is 24.4 Å². The third-order valence-electron chi connectivity index (χ3n) is 4.89. The lowest BCUT2D eigenvalue weighted by molar-refractivity contribution is -0.124. The van der Waals surface area contributed by atoms with E-state index in [-0.39, 0.29) is 6.42 Å². The van der Waals surface area contributed by atoms with E-state index in [1.807, 2.05) is 0 Å². The number of carbonyl (C=O) groups is 1. The Hall–Kier alpha value is -0.680. The zero-order chi connectivity index (χ0) is 21.3. The highest BCUT2D eigenvalue weighted by Gasteiger charge is 2.35. The third-order valence-corrected chi connectivity index (χ3v) is 6.20. The van der Waals surface area contributed by atoms with Crippen LogP contribution < -0.4 is 5.32 Å². The zero-order valence-corrected chi connectivity index (χ0v) is 18.7. The summed E-state index contributed by atoms with van der Waals surface area (Å²) >= 11 is 0. The molecule has 7 heteroatoms. The first kappa shape index (κ1) is 27.3. The normalized spacial score (nSPS) is 14.3. The molecule has 0 aliphatic rings. The van der Waals surface area contributed by atoms with Crippen molar-refractivity contribution in [1.82, 2.24) is 5.32 Å². The number of allylic oxidation sites excluding steroid dienone is 2. The maximum absolute atomic E-state index is 12.0. The number of nitrogens with one attached hydrogen (secondary N) is 1. The van der Waals surface area contributed by atoms with Gasteiger partial charge in [-0.15, -0.1) is 0 Å². The molecule has 2 atom stereocenters. The molecule has 0 saturated heterocycles. The molecule has 0 fully saturated rings. The van der Waals surface area contributed by atoms with Gasteiger partial charge in [0.15, 0.2) is 0 Å². The lowest BCUT2D eigenvalue weighted by atomic mass is 10.1. The van der Waals surface area contributed by atoms with Crippen LogP contribution in [-0.2, 0) is 9.36 Å². The average molecular weight is 420 g/mol. The summed E-state index contributed by atoms with van der Waals surface area (Å²) in [5.74, 6) is -0.764. The number of carbonyl (C=O) groups excluding carboxylic acids is 1. The minimum atomic E-state index is -4.52. The van der Waals surface area contributed by atoms with Crippen LogP contribution in [0.3, 0.4) is 0 Å². The van der Waals surface area contributed by atoms with E-state index in [0.29, 0.717) is 12.8 Å². The zero-order valence-electron chi connectivity index (χ0n) is 17.8. The summed E-state index contributed by atoms with van der Waals surface area (Å²) in [5.41, 5.74) is -1.37. The highest BCUT2D eigenvalue weighted by atomic mass is 31.2. The SMILES string of the molecule is CCCCCCCCC=CCCCCCCC(C(=O)NC(O)CC)P(=O)(O)O. The third kappa shape index (κ3) is 15.3. The Morgan fingerprint density at radius 3 is 1.89 bits per heavy atom. The lowest BCUT2D eigenvalue weighted by Gasteiger charge is -2.19. The Morgan fingerprint density at radius 2 is 1.39 bits per heavy atom. The van der Waals surface area contributed by atoms with Crippen LogP contribution in [0, 0.1) is 0 Å². The van der Waals surface area contributed by atoms with E-state index in [4.69, 9.17) is 0 Å². The van der Waals surface area contributed by atoms with Gasteiger partial charge in [-0.3, -0.25) is 9.36 Å². The van der Waals surface area contributed by atoms with Crippen molar-refractivity contribution in [3.63, 3.8) is 0 Å². The molecule has 0 heterocycles. The van der Waals surface area contributed by atoms with Gasteiger partial charge in [0.05, 0.1) is 0 Å². The second-order valence-electron chi connectivity index (χ2n) is 7.56. The Bertz CT molecular complexity index is 464. The van der Waals surface area contributed by atoms with E-state index in [1.54, 1.807) is 6.92 Å². The summed E-state index contributed by atoms with van der Waals surface area (Å²) in [6.45, 7) is 3.91. The molecule has 0 aromatic heterocycles. The molecule has 0 radical (unpaired) electrons. The maximum Gasteiger partial charge on any atom is 0.337 e. The van der Waals surface area contributed by atoms with Crippen molar-refractivity contribution < 1.29 is 24.3 Å². The average Bonchev–Trinajstić information content (AvgIpc) is 2.63. The van der Waals surface area contributed by atoms with Crippen LogP contribution >= 0.6 is 7.60 Å². The van der Waals surface area contributed by atoms with Crippen molar-refractivity contribution >= 4 is 13.5 Å². The quantitative estimate of drug-likeness (QED) is 0.108. The molecule has 2 unspecified atom stereocenters. The van der Waals surface area contributed by atoms with Crippen LogP contribution in [0.1, 0.15) is 104 Å². The number of amides is 1. The molecule has 6 nitrogen and oxygen atoms in total. The number of hydrogen-bond acceptors (Lipinski definition) is 3. The summed E-state index contributed by atoms with van der Waals surface area (Å²) in [4.78, 5) is 30.7. The minimum Gasteiger partial charge on any atom is -0.374 e. The van der Waals surface area contributed by atoms with E-state index in [0.717, 1.165) is 32.1 Å². The molecule has 0 saturated carbocycles. The smallest absolute Gasteiger partial charge is 0.337 e. The predicted octanol–water partition coefficient (Wildman–Crippen LogP) is 5.02. The van der Waals surface area contributed by atoms with Gasteiger partial charge in [0, 0.05) is 0 Å². The molecule has 1 amide bonds. The van der Waals surface area contributed by atoms with E-state index in [1.165, 1.54) is 38.5 Å². The van der Waals surface area contributed by atoms with Crippen LogP contribution in [0.4, 0.5) is 0 Å². The molecule has 0 aliphatic carbocycles. The van der Waals surface area contributed by atoms with Gasteiger partial charge in [-0.1, -0.05) is 77.4 Å². The van der Waals surface area contributed by atoms with E-state index < -0.39 is 25.4 Å². The summed E-state index contributed by atoms with van der Waals surface area (Å²) in [7, 11) is -4.52. The maximum atomic E-state index is 12.0. The van der Waals surface area contributed by atoms with Crippen molar-refractivity contribution in [2.24, 2.45) is 0 Å². The molecule has 0 aliphatic heterocycles. The van der Waals surface area contributed by atoms with Gasteiger partial charge in [-0.05, 0) is 38.5 Å². The fraction of sp³-hybridized carbons (Fsp3) is 0.857. The summed E-state index contributed by atoms with van der Waals surface area (Å²) in [6, 6.07) is 0. The molecule has 0 rings (SSSR count). The summed E-state index contributed by atoms with van der Waals surface area (Å²) in [5, 5.41) is 11.7. The molecular formula is C21H42NO5P. The number of unbranched alkanes of at least 4 members (excludes halogenated alkanes) is 10. The van der Waals surface area contributed by atoms with Gasteiger partial charge in [-0.2, -0.15) is 0 Å². The molecule has 166 valence electrons. The van der Waals surface area contributed by atoms with Crippen LogP contribution in [-0.4, -0.2) is 32.7 Å². The largest absolute Gasteiger partial charge is 0.374 e. The number of hydrogen-bond donors (Lipinski definition) is 4. The highest BCUT2D eigenvalue weighted by Crippen LogP contribution is 2.43. The number of aliphatic hydroxyl groups excluding tert-OH is 1. The first-order chi connectivity index (χ1) is 13.3. The second kappa shape index (κ2) is 17.2. The van der Waals surface area contributed by atoms with Gasteiger partial charge < -0.3 is 20.2 Å². The first-order valence-corrected chi connectivity index (χ1v) is 12.7. The van der Waals surface area contributed by atoms with Crippen LogP contribution in [0.5, 0.6) is 0 Å². The topological polar surface area (TPSA) is 107 Å². The fourth-order valence-electron chi connectivity index (χ4n) is 3.05. The van der Waals surface area contributed by atoms with Crippen molar-refractivity contribution in [2.45, 2.75) is 116 Å². The minimum absolute atomic E-state index is 0.139. The summed E-state index contributed by atoms with van der Waals surface area (Å²) in [6.07, 6.45) is 17.4. The predicted molar refractivity (Wildman–Crippen MR) is 115 cm³/mol. The van der Waals surface area contributed by atoms with Crippen molar-refractivity contribution in [2.75, 3.05) is 0 Å². The highest BCUT2D eigenvalue weighted by molar-refractivity contribution is 7.53. The molecule has 28 heavy (non-hydrogen) atoms. The summed E-state index contributed by atoms with van der Waals surface area (Å²) < 4.78 is 11.6. The standard InChI is InChI=1S/C21H42NO5P/c1-3-5-6-7-8-9-10-11-12-13-14-15-16-17-18-19(28(25,26)27)21(24)22-20(23)4-2/h11-12,19-20,23H,3-10,13-18H2,1-2H3,(H,22,24)(H2,25,26,27). The Balaban J connectivity index is 3.81. The molecular weight excluding hydrogens is 377 g/mol. The van der Waals surface area contributed by atoms with Crippen molar-refractivity contribution in [3.8, 4) is 0 Å². The van der Waals surface area contributed by atoms with E-state index >= 15 is 0 Å². The van der Waals surface area contributed by atoms with Gasteiger partial charge in [0.1, 0.15) is 11.9 Å². The van der Waals surface area contributed by atoms with E-state index in [9.17, 15) is 24.3 Å². The van der Waals surface area contributed by atoms with Gasteiger partial charge in [-0.25, -0.2) is 0 Å². The van der Waals surface area contributed by atoms with Crippen molar-refractivity contribution in [3.05, 3.63) is 12.2 Å². The fourth-order valence-corrected chi connectivity index (χ4v) is 3.95. The van der Waals surface area contributed by atoms with Crippen LogP contribution in [0.25, 0.3) is 0 Å².